The first-order valence-electron chi connectivity index (χ1n) is 4.02. The van der Waals surface area contributed by atoms with Gasteiger partial charge in [-0.1, -0.05) is 0 Å². The lowest BCUT2D eigenvalue weighted by Gasteiger charge is -2.36. The zero-order valence-electron chi connectivity index (χ0n) is 8.49. The molecule has 0 amide bonds. The molecule has 0 radical (unpaired) electrons. The summed E-state index contributed by atoms with van der Waals surface area (Å²) in [7, 11) is 0. The van der Waals surface area contributed by atoms with Crippen LogP contribution in [0, 0.1) is 0 Å². The van der Waals surface area contributed by atoms with Crippen molar-refractivity contribution in [3.05, 3.63) is 12.2 Å². The molecule has 0 aromatic rings. The Morgan fingerprint density at radius 1 is 0.600 bits per heavy atom. The van der Waals surface area contributed by atoms with Gasteiger partial charge < -0.3 is 0 Å². The highest BCUT2D eigenvalue weighted by molar-refractivity contribution is 5.15. The fourth-order valence-electron chi connectivity index (χ4n) is 0.791. The highest BCUT2D eigenvalue weighted by Gasteiger charge is 2.87. The van der Waals surface area contributed by atoms with Crippen LogP contribution in [-0.4, -0.2) is 29.9 Å². The van der Waals surface area contributed by atoms with E-state index >= 15 is 0 Å². The van der Waals surface area contributed by atoms with E-state index in [1.54, 1.807) is 0 Å². The lowest BCUT2D eigenvalue weighted by atomic mass is 9.97. The highest BCUT2D eigenvalue weighted by Crippen LogP contribution is 2.58. The van der Waals surface area contributed by atoms with Crippen molar-refractivity contribution < 1.29 is 57.1 Å². The fourth-order valence-corrected chi connectivity index (χ4v) is 0.791. The monoisotopic (exact) mass is 332 g/mol. The summed E-state index contributed by atoms with van der Waals surface area (Å²) in [5, 5.41) is 0. The van der Waals surface area contributed by atoms with Crippen molar-refractivity contribution in [1.29, 1.82) is 0 Å². The lowest BCUT2D eigenvalue weighted by molar-refractivity contribution is -0.419. The van der Waals surface area contributed by atoms with Gasteiger partial charge in [-0.2, -0.15) is 48.3 Å². The summed E-state index contributed by atoms with van der Waals surface area (Å²) in [6, 6.07) is 0. The van der Waals surface area contributed by atoms with Crippen molar-refractivity contribution in [1.82, 2.24) is 0 Å². The van der Waals surface area contributed by atoms with Crippen LogP contribution in [0.5, 0.6) is 0 Å². The Labute approximate surface area is 100 Å². The van der Waals surface area contributed by atoms with Crippen LogP contribution < -0.4 is 0 Å². The molecule has 0 saturated carbocycles. The van der Waals surface area contributed by atoms with E-state index in [9.17, 15) is 57.1 Å². The number of allylic oxidation sites excluding steroid dienone is 1. The second kappa shape index (κ2) is 4.69. The van der Waals surface area contributed by atoms with Crippen LogP contribution >= 0.6 is 0 Å². The van der Waals surface area contributed by atoms with Gasteiger partial charge in [0.15, 0.2) is 0 Å². The van der Waals surface area contributed by atoms with Gasteiger partial charge in [0.25, 0.3) is 0 Å². The average Bonchev–Trinajstić information content (AvgIpc) is 2.25. The minimum atomic E-state index is -7.75. The Morgan fingerprint density at radius 2 is 0.950 bits per heavy atom. The van der Waals surface area contributed by atoms with E-state index < -0.39 is 42.0 Å². The lowest BCUT2D eigenvalue weighted by Crippen LogP contribution is -2.66. The van der Waals surface area contributed by atoms with Crippen molar-refractivity contribution in [3.63, 3.8) is 0 Å². The van der Waals surface area contributed by atoms with Crippen LogP contribution in [0.25, 0.3) is 0 Å². The first-order valence-corrected chi connectivity index (χ1v) is 4.02. The summed E-state index contributed by atoms with van der Waals surface area (Å²) in [4.78, 5) is 0. The molecule has 0 aliphatic heterocycles. The molecular formula is C7HF13. The molecule has 0 bridgehead atoms. The third kappa shape index (κ3) is 2.30. The van der Waals surface area contributed by atoms with Gasteiger partial charge in [-0.3, -0.25) is 0 Å². The molecule has 0 atom stereocenters. The van der Waals surface area contributed by atoms with E-state index in [1.807, 2.05) is 0 Å². The summed E-state index contributed by atoms with van der Waals surface area (Å²) in [5.41, 5.74) is 0. The molecule has 0 aliphatic rings. The third-order valence-electron chi connectivity index (χ3n) is 1.93. The van der Waals surface area contributed by atoms with Crippen LogP contribution in [0.1, 0.15) is 0 Å². The summed E-state index contributed by atoms with van der Waals surface area (Å²) >= 11 is 0. The van der Waals surface area contributed by atoms with Gasteiger partial charge in [-0.05, 0) is 0 Å². The van der Waals surface area contributed by atoms with Gasteiger partial charge in [-0.15, -0.1) is 0 Å². The van der Waals surface area contributed by atoms with E-state index in [-0.39, 0.29) is 0 Å². The molecular weight excluding hydrogens is 331 g/mol. The smallest absolute Gasteiger partial charge is 0.212 e. The zero-order valence-corrected chi connectivity index (χ0v) is 8.49. The predicted octanol–water partition coefficient (Wildman–Crippen LogP) is 4.87. The molecule has 0 N–H and O–H groups in total. The second-order valence-corrected chi connectivity index (χ2v) is 3.25. The third-order valence-corrected chi connectivity index (χ3v) is 1.93. The number of hydrogen-bond donors (Lipinski definition) is 0. The SMILES string of the molecule is FC=C(F)C(F)(F)C(F)(F)C(F)(F)C(F)(F)C(F)(F)F. The Morgan fingerprint density at radius 3 is 1.20 bits per heavy atom. The van der Waals surface area contributed by atoms with Crippen molar-refractivity contribution in [2.24, 2.45) is 0 Å². The van der Waals surface area contributed by atoms with Crippen molar-refractivity contribution in [3.8, 4) is 0 Å². The molecule has 13 heteroatoms. The van der Waals surface area contributed by atoms with Crippen molar-refractivity contribution in [2.45, 2.75) is 29.9 Å². The summed E-state index contributed by atoms with van der Waals surface area (Å²) in [6.07, 6.45) is -9.32. The van der Waals surface area contributed by atoms with Crippen LogP contribution in [-0.2, 0) is 0 Å². The summed E-state index contributed by atoms with van der Waals surface area (Å²) in [5.74, 6) is -33.8. The molecule has 0 spiro atoms. The predicted molar refractivity (Wildman–Crippen MR) is 36.1 cm³/mol. The van der Waals surface area contributed by atoms with Gasteiger partial charge in [0.1, 0.15) is 6.33 Å². The van der Waals surface area contributed by atoms with Gasteiger partial charge in [0, 0.05) is 0 Å². The van der Waals surface area contributed by atoms with Crippen LogP contribution in [0.4, 0.5) is 57.1 Å². The quantitative estimate of drug-likeness (QED) is 0.645. The number of rotatable bonds is 4. The fraction of sp³-hybridized carbons (Fsp3) is 0.714. The molecule has 20 heavy (non-hydrogen) atoms. The number of halogens is 13. The van der Waals surface area contributed by atoms with Gasteiger partial charge in [0.2, 0.25) is 5.83 Å². The minimum absolute atomic E-state index is 1.98. The Hall–Kier alpha value is -1.17. The molecule has 120 valence electrons. The van der Waals surface area contributed by atoms with Crippen molar-refractivity contribution >= 4 is 0 Å². The van der Waals surface area contributed by atoms with Crippen LogP contribution in [0.15, 0.2) is 12.2 Å². The second-order valence-electron chi connectivity index (χ2n) is 3.25. The Bertz CT molecular complexity index is 386. The zero-order chi connectivity index (χ0) is 16.8. The van der Waals surface area contributed by atoms with E-state index in [4.69, 9.17) is 0 Å². The standard InChI is InChI=1S/C7HF13/c8-1-2(9)3(10,11)4(12,13)5(14,15)6(16,17)7(18,19)20/h1H. The van der Waals surface area contributed by atoms with Gasteiger partial charge >= 0.3 is 29.9 Å². The molecule has 0 aromatic heterocycles. The molecule has 0 heterocycles. The maximum atomic E-state index is 12.5. The highest BCUT2D eigenvalue weighted by atomic mass is 19.4. The molecule has 0 nitrogen and oxygen atoms in total. The minimum Gasteiger partial charge on any atom is -0.212 e. The average molecular weight is 332 g/mol. The van der Waals surface area contributed by atoms with Crippen LogP contribution in [0.2, 0.25) is 0 Å². The van der Waals surface area contributed by atoms with Gasteiger partial charge in [0.05, 0.1) is 0 Å². The van der Waals surface area contributed by atoms with Crippen molar-refractivity contribution in [2.75, 3.05) is 0 Å². The Balaban J connectivity index is 6.07. The van der Waals surface area contributed by atoms with Gasteiger partial charge in [-0.25, -0.2) is 8.78 Å². The van der Waals surface area contributed by atoms with E-state index in [0.717, 1.165) is 0 Å². The maximum Gasteiger partial charge on any atom is 0.460 e. The molecule has 0 fully saturated rings. The van der Waals surface area contributed by atoms with E-state index in [0.29, 0.717) is 0 Å². The molecule has 0 rings (SSSR count). The maximum absolute atomic E-state index is 12.5. The normalized spacial score (nSPS) is 16.6. The molecule has 0 aliphatic carbocycles. The topological polar surface area (TPSA) is 0 Å². The van der Waals surface area contributed by atoms with E-state index in [2.05, 4.69) is 0 Å². The largest absolute Gasteiger partial charge is 0.460 e. The molecule has 0 unspecified atom stereocenters. The van der Waals surface area contributed by atoms with E-state index in [1.165, 1.54) is 0 Å². The molecule has 0 saturated heterocycles. The summed E-state index contributed by atoms with van der Waals surface area (Å²) < 4.78 is 157. The number of hydrogen-bond acceptors (Lipinski definition) is 0. The van der Waals surface area contributed by atoms with Crippen LogP contribution in [0.3, 0.4) is 0 Å². The Kier molecular flexibility index (Phi) is 4.41. The number of alkyl halides is 11. The first kappa shape index (κ1) is 18.8. The summed E-state index contributed by atoms with van der Waals surface area (Å²) in [6.45, 7) is 0. The first-order chi connectivity index (χ1) is 8.48. The molecule has 0 aromatic carbocycles.